The summed E-state index contributed by atoms with van der Waals surface area (Å²) in [5.41, 5.74) is 10.9. The summed E-state index contributed by atoms with van der Waals surface area (Å²) in [7, 11) is 5.81. The summed E-state index contributed by atoms with van der Waals surface area (Å²) < 4.78 is 5.63. The molecule has 0 fully saturated rings. The number of carbonyl (C=O) groups excluding carboxylic acids is 1. The van der Waals surface area contributed by atoms with Crippen LogP contribution in [0.5, 0.6) is 0 Å². The van der Waals surface area contributed by atoms with Crippen molar-refractivity contribution in [3.63, 3.8) is 0 Å². The standard InChI is InChI=1S/C10H10N4O.C10H11N3O.C9H11N5.CH4/c1-14-10-9-6(4-5-11-10)12-8(15)3-2-7(9)13-14;1-13-6-7-3-5-14-12-8-2-4-11-10(13)9(7)8;1-14-9-7-6(13-14)3-2-4-10-8(7)11-5-12-9;/h4-5H,2-3H2,1H3,(H,12,15);2,4,6,12H,3,5H2,1H3;5H,2-4H2,1H3,(H,10,11,12);1H4. The van der Waals surface area contributed by atoms with Gasteiger partial charge in [0.1, 0.15) is 17.8 Å². The predicted molar refractivity (Wildman–Crippen MR) is 169 cm³/mol. The van der Waals surface area contributed by atoms with Crippen LogP contribution >= 0.6 is 0 Å². The van der Waals surface area contributed by atoms with Gasteiger partial charge in [-0.25, -0.2) is 19.9 Å². The number of aromatic nitrogens is 9. The van der Waals surface area contributed by atoms with E-state index in [1.54, 1.807) is 23.4 Å². The second-order valence-electron chi connectivity index (χ2n) is 10.7. The minimum absolute atomic E-state index is 0. The minimum atomic E-state index is 0. The van der Waals surface area contributed by atoms with E-state index in [1.165, 1.54) is 10.9 Å². The number of nitrogens with one attached hydrogen (secondary N) is 3. The Morgan fingerprint density at radius 1 is 0.795 bits per heavy atom. The maximum atomic E-state index is 11.4. The number of amides is 1. The van der Waals surface area contributed by atoms with Gasteiger partial charge < -0.3 is 15.2 Å². The van der Waals surface area contributed by atoms with E-state index in [-0.39, 0.29) is 13.3 Å². The number of nitrogens with zero attached hydrogens (tertiary/aromatic N) is 9. The molecule has 0 radical (unpaired) electrons. The van der Waals surface area contributed by atoms with Crippen LogP contribution in [0, 0.1) is 0 Å². The average molecular weight is 597 g/mol. The lowest BCUT2D eigenvalue weighted by atomic mass is 10.1. The summed E-state index contributed by atoms with van der Waals surface area (Å²) in [6.07, 6.45) is 11.4. The molecule has 0 aliphatic carbocycles. The summed E-state index contributed by atoms with van der Waals surface area (Å²) in [5, 5.41) is 18.3. The maximum Gasteiger partial charge on any atom is 0.224 e. The van der Waals surface area contributed by atoms with E-state index in [0.29, 0.717) is 19.4 Å². The van der Waals surface area contributed by atoms with Crippen LogP contribution in [0.1, 0.15) is 37.2 Å². The van der Waals surface area contributed by atoms with Gasteiger partial charge in [0.05, 0.1) is 40.1 Å². The molecule has 0 unspecified atom stereocenters. The van der Waals surface area contributed by atoms with Gasteiger partial charge in [0, 0.05) is 70.9 Å². The molecule has 3 N–H and O–H groups in total. The normalized spacial score (nSPS) is 14.8. The largest absolute Gasteiger partial charge is 0.369 e. The Kier molecular flexibility index (Phi) is 7.82. The average Bonchev–Trinajstić information content (AvgIpc) is 3.43. The smallest absolute Gasteiger partial charge is 0.224 e. The highest BCUT2D eigenvalue weighted by Crippen LogP contribution is 2.30. The van der Waals surface area contributed by atoms with Gasteiger partial charge in [0.25, 0.3) is 0 Å². The van der Waals surface area contributed by atoms with Crippen LogP contribution in [0.25, 0.3) is 33.1 Å². The quantitative estimate of drug-likeness (QED) is 0.237. The van der Waals surface area contributed by atoms with Crippen LogP contribution in [0.3, 0.4) is 0 Å². The highest BCUT2D eigenvalue weighted by Gasteiger charge is 2.20. The first-order chi connectivity index (χ1) is 21.0. The molecule has 3 aliphatic heterocycles. The van der Waals surface area contributed by atoms with Crippen molar-refractivity contribution in [3.05, 3.63) is 54.0 Å². The van der Waals surface area contributed by atoms with Crippen molar-refractivity contribution in [1.82, 2.24) is 44.1 Å². The third-order valence-corrected chi connectivity index (χ3v) is 7.83. The molecule has 228 valence electrons. The molecule has 0 saturated carbocycles. The van der Waals surface area contributed by atoms with Crippen LogP contribution in [-0.2, 0) is 50.0 Å². The topological polar surface area (TPSA) is 155 Å². The van der Waals surface area contributed by atoms with Crippen LogP contribution in [0.2, 0.25) is 0 Å². The first-order valence-corrected chi connectivity index (χ1v) is 14.3. The molecular weight excluding hydrogens is 560 g/mol. The van der Waals surface area contributed by atoms with Crippen molar-refractivity contribution in [2.45, 2.75) is 39.5 Å². The number of anilines is 3. The first kappa shape index (κ1) is 29.0. The SMILES string of the molecule is C.Cn1cc2c3c(ccnc31)NOCC2.Cn1nc2c3c(ccnc31)NC(=O)CC2.Cn1nc2c3c(ncnc31)NCCC2. The molecule has 14 nitrogen and oxygen atoms in total. The van der Waals surface area contributed by atoms with Crippen molar-refractivity contribution in [2.24, 2.45) is 21.1 Å². The van der Waals surface area contributed by atoms with Gasteiger partial charge in [-0.15, -0.1) is 0 Å². The van der Waals surface area contributed by atoms with Crippen molar-refractivity contribution in [1.29, 1.82) is 0 Å². The van der Waals surface area contributed by atoms with Gasteiger partial charge in [-0.3, -0.25) is 24.5 Å². The molecular formula is C30H36N12O2. The Hall–Kier alpha value is -5.11. The maximum absolute atomic E-state index is 11.4. The molecule has 44 heavy (non-hydrogen) atoms. The molecule has 14 heteroatoms. The Balaban J connectivity index is 0.000000116. The van der Waals surface area contributed by atoms with Crippen molar-refractivity contribution < 1.29 is 9.63 Å². The molecule has 6 aromatic rings. The number of hydrogen-bond donors (Lipinski definition) is 3. The highest BCUT2D eigenvalue weighted by atomic mass is 16.6. The summed E-state index contributed by atoms with van der Waals surface area (Å²) in [6, 6.07) is 3.76. The van der Waals surface area contributed by atoms with Gasteiger partial charge in [0.15, 0.2) is 11.3 Å². The molecule has 0 bridgehead atoms. The summed E-state index contributed by atoms with van der Waals surface area (Å²) >= 11 is 0. The lowest BCUT2D eigenvalue weighted by molar-refractivity contribution is -0.116. The molecule has 1 amide bonds. The van der Waals surface area contributed by atoms with Crippen molar-refractivity contribution in [2.75, 3.05) is 29.3 Å². The van der Waals surface area contributed by atoms with Gasteiger partial charge in [-0.1, -0.05) is 7.43 Å². The van der Waals surface area contributed by atoms with E-state index in [9.17, 15) is 4.79 Å². The fourth-order valence-corrected chi connectivity index (χ4v) is 5.88. The highest BCUT2D eigenvalue weighted by molar-refractivity contribution is 6.03. The molecule has 9 rings (SSSR count). The summed E-state index contributed by atoms with van der Waals surface area (Å²) in [5.74, 6) is 0.971. The van der Waals surface area contributed by atoms with E-state index < -0.39 is 0 Å². The molecule has 9 heterocycles. The molecule has 6 aromatic heterocycles. The molecule has 3 aliphatic rings. The minimum Gasteiger partial charge on any atom is -0.369 e. The van der Waals surface area contributed by atoms with Crippen LogP contribution in [0.4, 0.5) is 17.2 Å². The fourth-order valence-electron chi connectivity index (χ4n) is 5.88. The predicted octanol–water partition coefficient (Wildman–Crippen LogP) is 3.68. The second kappa shape index (κ2) is 11.9. The number of carbonyl (C=O) groups is 1. The number of aryl methyl sites for hydroxylation is 5. The summed E-state index contributed by atoms with van der Waals surface area (Å²) in [6.45, 7) is 1.67. The summed E-state index contributed by atoms with van der Waals surface area (Å²) in [4.78, 5) is 33.8. The van der Waals surface area contributed by atoms with Gasteiger partial charge in [-0.05, 0) is 30.5 Å². The van der Waals surface area contributed by atoms with E-state index in [2.05, 4.69) is 57.0 Å². The zero-order valence-electron chi connectivity index (χ0n) is 24.3. The van der Waals surface area contributed by atoms with E-state index >= 15 is 0 Å². The first-order valence-electron chi connectivity index (χ1n) is 14.3. The second-order valence-corrected chi connectivity index (χ2v) is 10.7. The molecule has 0 spiro atoms. The van der Waals surface area contributed by atoms with Crippen LogP contribution < -0.4 is 16.1 Å². The monoisotopic (exact) mass is 596 g/mol. The van der Waals surface area contributed by atoms with E-state index in [1.807, 2.05) is 38.0 Å². The van der Waals surface area contributed by atoms with Crippen molar-refractivity contribution >= 4 is 56.2 Å². The number of pyridine rings is 2. The van der Waals surface area contributed by atoms with E-state index in [4.69, 9.17) is 4.84 Å². The Morgan fingerprint density at radius 2 is 1.52 bits per heavy atom. The van der Waals surface area contributed by atoms with Crippen LogP contribution in [0.15, 0.2) is 37.1 Å². The van der Waals surface area contributed by atoms with Gasteiger partial charge >= 0.3 is 0 Å². The Bertz CT molecular complexity index is 1900. The van der Waals surface area contributed by atoms with Crippen LogP contribution in [-0.4, -0.2) is 63.1 Å². The third-order valence-electron chi connectivity index (χ3n) is 7.83. The number of rotatable bonds is 0. The third kappa shape index (κ3) is 5.17. The Labute approximate surface area is 253 Å². The molecule has 0 atom stereocenters. The molecule has 0 aromatic carbocycles. The van der Waals surface area contributed by atoms with E-state index in [0.717, 1.165) is 82.1 Å². The fraction of sp³-hybridized carbons (Fsp3) is 0.367. The zero-order chi connectivity index (χ0) is 29.5. The van der Waals surface area contributed by atoms with Crippen molar-refractivity contribution in [3.8, 4) is 0 Å². The lowest BCUT2D eigenvalue weighted by Crippen LogP contribution is -2.10. The number of hydrogen-bond acceptors (Lipinski definition) is 10. The zero-order valence-corrected chi connectivity index (χ0v) is 24.3. The van der Waals surface area contributed by atoms with Gasteiger partial charge in [0.2, 0.25) is 5.91 Å². The molecule has 0 saturated heterocycles. The van der Waals surface area contributed by atoms with Gasteiger partial charge in [-0.2, -0.15) is 10.2 Å². The lowest BCUT2D eigenvalue weighted by Gasteiger charge is -2.04. The Morgan fingerprint density at radius 3 is 2.34 bits per heavy atom.